The zero-order chi connectivity index (χ0) is 13.5. The second-order valence-electron chi connectivity index (χ2n) is 5.20. The van der Waals surface area contributed by atoms with Gasteiger partial charge in [-0.2, -0.15) is 0 Å². The van der Waals surface area contributed by atoms with E-state index in [1.807, 2.05) is 18.2 Å². The van der Waals surface area contributed by atoms with Gasteiger partial charge in [-0.05, 0) is 34.1 Å². The highest BCUT2D eigenvalue weighted by Crippen LogP contribution is 2.36. The molecule has 18 heavy (non-hydrogen) atoms. The molecule has 0 radical (unpaired) electrons. The molecule has 96 valence electrons. The third-order valence-corrected chi connectivity index (χ3v) is 4.09. The van der Waals surface area contributed by atoms with Gasteiger partial charge in [-0.15, -0.1) is 0 Å². The number of hydrogen-bond acceptors (Lipinski definition) is 3. The summed E-state index contributed by atoms with van der Waals surface area (Å²) in [4.78, 5) is 4.74. The van der Waals surface area contributed by atoms with Crippen molar-refractivity contribution >= 4 is 48.5 Å². The van der Waals surface area contributed by atoms with Gasteiger partial charge in [-0.1, -0.05) is 36.7 Å². The molecule has 0 amide bonds. The number of rotatable bonds is 1. The fourth-order valence-corrected chi connectivity index (χ4v) is 2.72. The van der Waals surface area contributed by atoms with Gasteiger partial charge in [0.2, 0.25) is 0 Å². The van der Waals surface area contributed by atoms with E-state index in [9.17, 15) is 0 Å². The van der Waals surface area contributed by atoms with Crippen molar-refractivity contribution in [2.75, 3.05) is 5.43 Å². The molecule has 5 heteroatoms. The molecule has 3 nitrogen and oxygen atoms in total. The molecule has 1 aromatic heterocycles. The molecule has 0 atom stereocenters. The molecule has 0 spiro atoms. The van der Waals surface area contributed by atoms with Crippen LogP contribution < -0.4 is 11.3 Å². The monoisotopic (exact) mass is 371 g/mol. The minimum atomic E-state index is -0.0262. The van der Waals surface area contributed by atoms with Gasteiger partial charge in [-0.3, -0.25) is 10.8 Å². The van der Waals surface area contributed by atoms with Crippen molar-refractivity contribution in [2.24, 2.45) is 5.84 Å². The van der Waals surface area contributed by atoms with Crippen LogP contribution in [0.4, 0.5) is 5.69 Å². The Kier molecular flexibility index (Phi) is 3.67. The van der Waals surface area contributed by atoms with Crippen LogP contribution in [0.15, 0.2) is 27.1 Å². The van der Waals surface area contributed by atoms with Crippen molar-refractivity contribution in [1.82, 2.24) is 4.98 Å². The molecule has 0 saturated heterocycles. The summed E-state index contributed by atoms with van der Waals surface area (Å²) in [5, 5.41) is 0.986. The summed E-state index contributed by atoms with van der Waals surface area (Å²) in [7, 11) is 0. The van der Waals surface area contributed by atoms with Crippen molar-refractivity contribution in [1.29, 1.82) is 0 Å². The van der Waals surface area contributed by atoms with E-state index in [1.54, 1.807) is 0 Å². The summed E-state index contributed by atoms with van der Waals surface area (Å²) in [6.45, 7) is 6.40. The number of aromatic nitrogens is 1. The Morgan fingerprint density at radius 1 is 1.17 bits per heavy atom. The highest BCUT2D eigenvalue weighted by molar-refractivity contribution is 9.11. The van der Waals surface area contributed by atoms with Crippen LogP contribution >= 0.6 is 31.9 Å². The number of fused-ring (bicyclic) bond motifs is 1. The Balaban J connectivity index is 2.88. The van der Waals surface area contributed by atoms with Crippen molar-refractivity contribution in [2.45, 2.75) is 26.2 Å². The number of nitrogens with one attached hydrogen (secondary N) is 1. The van der Waals surface area contributed by atoms with Gasteiger partial charge in [0.15, 0.2) is 0 Å². The van der Waals surface area contributed by atoms with Crippen LogP contribution in [0.25, 0.3) is 10.9 Å². The van der Waals surface area contributed by atoms with E-state index in [4.69, 9.17) is 10.8 Å². The third-order valence-electron chi connectivity index (χ3n) is 2.78. The molecule has 0 aliphatic heterocycles. The third kappa shape index (κ3) is 2.39. The van der Waals surface area contributed by atoms with Crippen LogP contribution in [0.3, 0.4) is 0 Å². The average molecular weight is 373 g/mol. The van der Waals surface area contributed by atoms with Crippen molar-refractivity contribution in [3.63, 3.8) is 0 Å². The number of nitrogens with two attached hydrogens (primary N) is 1. The molecular formula is C13H15Br2N3. The van der Waals surface area contributed by atoms with Gasteiger partial charge < -0.3 is 5.43 Å². The Morgan fingerprint density at radius 2 is 1.78 bits per heavy atom. The molecule has 0 aliphatic rings. The van der Waals surface area contributed by atoms with E-state index < -0.39 is 0 Å². The molecule has 1 aromatic carbocycles. The fraction of sp³-hybridized carbons (Fsp3) is 0.308. The number of pyridine rings is 1. The first kappa shape index (κ1) is 13.8. The highest BCUT2D eigenvalue weighted by Gasteiger charge is 2.19. The number of anilines is 1. The second-order valence-corrected chi connectivity index (χ2v) is 6.91. The van der Waals surface area contributed by atoms with Crippen molar-refractivity contribution < 1.29 is 0 Å². The first-order valence-corrected chi connectivity index (χ1v) is 7.19. The van der Waals surface area contributed by atoms with Gasteiger partial charge in [0.05, 0.1) is 11.2 Å². The van der Waals surface area contributed by atoms with Crippen LogP contribution in [0.2, 0.25) is 0 Å². The summed E-state index contributed by atoms with van der Waals surface area (Å²) in [6.07, 6.45) is 0. The Bertz CT molecular complexity index is 603. The van der Waals surface area contributed by atoms with Gasteiger partial charge >= 0.3 is 0 Å². The largest absolute Gasteiger partial charge is 0.323 e. The SMILES string of the molecule is CC(C)(C)c1cc(NN)c2c(Br)ccc(Br)c2n1. The molecule has 0 fully saturated rings. The van der Waals surface area contributed by atoms with Gasteiger partial charge in [0.25, 0.3) is 0 Å². The molecule has 3 N–H and O–H groups in total. The lowest BCUT2D eigenvalue weighted by Crippen LogP contribution is -2.16. The van der Waals surface area contributed by atoms with E-state index in [-0.39, 0.29) is 5.41 Å². The summed E-state index contributed by atoms with van der Waals surface area (Å²) >= 11 is 7.08. The zero-order valence-electron chi connectivity index (χ0n) is 10.5. The van der Waals surface area contributed by atoms with E-state index in [0.29, 0.717) is 0 Å². The smallest absolute Gasteiger partial charge is 0.0880 e. The minimum Gasteiger partial charge on any atom is -0.323 e. The second kappa shape index (κ2) is 4.79. The van der Waals surface area contributed by atoms with Gasteiger partial charge in [0.1, 0.15) is 0 Å². The normalized spacial score (nSPS) is 11.9. The Morgan fingerprint density at radius 3 is 2.33 bits per heavy atom. The lowest BCUT2D eigenvalue weighted by Gasteiger charge is -2.20. The molecule has 0 aliphatic carbocycles. The lowest BCUT2D eigenvalue weighted by atomic mass is 9.91. The molecular weight excluding hydrogens is 358 g/mol. The predicted molar refractivity (Wildman–Crippen MR) is 83.7 cm³/mol. The van der Waals surface area contributed by atoms with Crippen LogP contribution in [-0.2, 0) is 5.41 Å². The van der Waals surface area contributed by atoms with Crippen LogP contribution in [-0.4, -0.2) is 4.98 Å². The molecule has 2 rings (SSSR count). The number of halogens is 2. The first-order chi connectivity index (χ1) is 8.34. The van der Waals surface area contributed by atoms with Gasteiger partial charge in [0, 0.05) is 25.4 Å². The molecule has 0 saturated carbocycles. The van der Waals surface area contributed by atoms with Crippen molar-refractivity contribution in [3.05, 3.63) is 32.8 Å². The predicted octanol–water partition coefficient (Wildman–Crippen LogP) is 4.34. The van der Waals surface area contributed by atoms with E-state index in [0.717, 1.165) is 31.2 Å². The van der Waals surface area contributed by atoms with Crippen molar-refractivity contribution in [3.8, 4) is 0 Å². The summed E-state index contributed by atoms with van der Waals surface area (Å²) < 4.78 is 1.94. The Hall–Kier alpha value is -0.650. The Labute approximate surface area is 123 Å². The molecule has 2 aromatic rings. The number of nitrogen functional groups attached to an aromatic ring is 1. The number of hydrogen-bond donors (Lipinski definition) is 2. The topological polar surface area (TPSA) is 50.9 Å². The molecule has 1 heterocycles. The summed E-state index contributed by atoms with van der Waals surface area (Å²) in [5.41, 5.74) is 5.52. The number of hydrazine groups is 1. The van der Waals surface area contributed by atoms with Crippen LogP contribution in [0, 0.1) is 0 Å². The maximum atomic E-state index is 5.63. The maximum absolute atomic E-state index is 5.63. The average Bonchev–Trinajstić information content (AvgIpc) is 2.31. The molecule has 0 bridgehead atoms. The zero-order valence-corrected chi connectivity index (χ0v) is 13.7. The van der Waals surface area contributed by atoms with E-state index in [1.165, 1.54) is 0 Å². The standard InChI is InChI=1S/C13H15Br2N3/c1-13(2,3)10-6-9(18-16)11-7(14)4-5-8(15)12(11)17-10/h4-6H,16H2,1-3H3,(H,17,18). The first-order valence-electron chi connectivity index (χ1n) is 5.60. The quantitative estimate of drug-likeness (QED) is 0.578. The fourth-order valence-electron chi connectivity index (χ4n) is 1.77. The van der Waals surface area contributed by atoms with Gasteiger partial charge in [-0.25, -0.2) is 0 Å². The molecule has 0 unspecified atom stereocenters. The van der Waals surface area contributed by atoms with E-state index in [2.05, 4.69) is 58.1 Å². The van der Waals surface area contributed by atoms with Crippen LogP contribution in [0.1, 0.15) is 26.5 Å². The number of benzene rings is 1. The summed E-state index contributed by atoms with van der Waals surface area (Å²) in [6, 6.07) is 5.96. The number of nitrogens with zero attached hydrogens (tertiary/aromatic N) is 1. The lowest BCUT2D eigenvalue weighted by molar-refractivity contribution is 0.571. The van der Waals surface area contributed by atoms with Crippen LogP contribution in [0.5, 0.6) is 0 Å². The maximum Gasteiger partial charge on any atom is 0.0880 e. The highest BCUT2D eigenvalue weighted by atomic mass is 79.9. The van der Waals surface area contributed by atoms with E-state index >= 15 is 0 Å². The summed E-state index contributed by atoms with van der Waals surface area (Å²) in [5.74, 6) is 5.63. The minimum absolute atomic E-state index is 0.0262.